The molecule has 0 bridgehead atoms. The molecule has 26 heavy (non-hydrogen) atoms. The van der Waals surface area contributed by atoms with Gasteiger partial charge in [-0.1, -0.05) is 0 Å². The van der Waals surface area contributed by atoms with E-state index in [9.17, 15) is 29.8 Å². The fourth-order valence-corrected chi connectivity index (χ4v) is 1.64. The number of carbonyl (C=O) groups is 2. The number of ether oxygens (including phenoxy) is 2. The minimum Gasteiger partial charge on any atom is -0.409 e. The van der Waals surface area contributed by atoms with Crippen LogP contribution < -0.4 is 20.3 Å². The summed E-state index contributed by atoms with van der Waals surface area (Å²) in [5, 5.41) is 21.0. The SMILES string of the molecule is O=C(NNC(=O)Oc1ccc([N+](=O)[O-])cc1)Oc1ccc([N+](=O)[O-])cc1. The Balaban J connectivity index is 1.80. The van der Waals surface area contributed by atoms with Gasteiger partial charge in [-0.25, -0.2) is 20.4 Å². The maximum atomic E-state index is 11.5. The molecule has 0 aliphatic carbocycles. The number of nitrogens with zero attached hydrogens (tertiary/aromatic N) is 2. The molecule has 0 radical (unpaired) electrons. The molecule has 2 aromatic carbocycles. The fourth-order valence-electron chi connectivity index (χ4n) is 1.64. The maximum absolute atomic E-state index is 11.5. The van der Waals surface area contributed by atoms with Crippen LogP contribution in [0.3, 0.4) is 0 Å². The number of hydrogen-bond donors (Lipinski definition) is 2. The van der Waals surface area contributed by atoms with Crippen LogP contribution in [0.15, 0.2) is 48.5 Å². The molecule has 0 aromatic heterocycles. The molecule has 0 unspecified atom stereocenters. The molecule has 0 saturated heterocycles. The first-order valence-electron chi connectivity index (χ1n) is 6.79. The average molecular weight is 362 g/mol. The Bertz CT molecular complexity index is 764. The Morgan fingerprint density at radius 2 is 1.00 bits per heavy atom. The third-order valence-electron chi connectivity index (χ3n) is 2.78. The number of nitrogens with one attached hydrogen (secondary N) is 2. The second-order valence-electron chi connectivity index (χ2n) is 4.53. The standard InChI is InChI=1S/C14H10N4O8/c19-13(25-11-5-1-9(2-6-11)17(21)22)15-16-14(20)26-12-7-3-10(4-8-12)18(23)24/h1-8H,(H,15,19)(H,16,20). The van der Waals surface area contributed by atoms with Gasteiger partial charge < -0.3 is 9.47 Å². The third-order valence-corrected chi connectivity index (χ3v) is 2.78. The van der Waals surface area contributed by atoms with Gasteiger partial charge in [-0.15, -0.1) is 0 Å². The molecule has 2 aromatic rings. The summed E-state index contributed by atoms with van der Waals surface area (Å²) in [6.07, 6.45) is -2.14. The van der Waals surface area contributed by atoms with E-state index in [0.717, 1.165) is 24.3 Å². The number of carbonyl (C=O) groups excluding carboxylic acids is 2. The second-order valence-corrected chi connectivity index (χ2v) is 4.53. The molecule has 2 N–H and O–H groups in total. The summed E-state index contributed by atoms with van der Waals surface area (Å²) < 4.78 is 9.55. The van der Waals surface area contributed by atoms with Crippen molar-refractivity contribution in [2.24, 2.45) is 0 Å². The predicted molar refractivity (Wildman–Crippen MR) is 84.5 cm³/mol. The van der Waals surface area contributed by atoms with Crippen molar-refractivity contribution in [3.63, 3.8) is 0 Å². The Morgan fingerprint density at radius 1 is 0.692 bits per heavy atom. The molecule has 0 heterocycles. The molecule has 2 rings (SSSR count). The summed E-state index contributed by atoms with van der Waals surface area (Å²) in [6.45, 7) is 0. The summed E-state index contributed by atoms with van der Waals surface area (Å²) >= 11 is 0. The van der Waals surface area contributed by atoms with Crippen LogP contribution in [0.2, 0.25) is 0 Å². The van der Waals surface area contributed by atoms with Crippen molar-refractivity contribution in [3.05, 3.63) is 68.8 Å². The summed E-state index contributed by atoms with van der Waals surface area (Å²) in [5.41, 5.74) is 3.42. The van der Waals surface area contributed by atoms with E-state index in [4.69, 9.17) is 9.47 Å². The first-order chi connectivity index (χ1) is 12.3. The predicted octanol–water partition coefficient (Wildman–Crippen LogP) is 2.29. The zero-order chi connectivity index (χ0) is 19.1. The topological polar surface area (TPSA) is 163 Å². The number of rotatable bonds is 4. The van der Waals surface area contributed by atoms with Gasteiger partial charge in [0, 0.05) is 24.3 Å². The van der Waals surface area contributed by atoms with Crippen LogP contribution in [0.4, 0.5) is 21.0 Å². The first-order valence-corrected chi connectivity index (χ1v) is 6.79. The van der Waals surface area contributed by atoms with Gasteiger partial charge in [0.25, 0.3) is 11.4 Å². The van der Waals surface area contributed by atoms with Crippen LogP contribution in [-0.4, -0.2) is 22.0 Å². The van der Waals surface area contributed by atoms with E-state index in [1.165, 1.54) is 24.3 Å². The number of hydrogen-bond acceptors (Lipinski definition) is 8. The van der Waals surface area contributed by atoms with E-state index in [0.29, 0.717) is 0 Å². The van der Waals surface area contributed by atoms with E-state index >= 15 is 0 Å². The van der Waals surface area contributed by atoms with Crippen molar-refractivity contribution in [1.29, 1.82) is 0 Å². The van der Waals surface area contributed by atoms with Gasteiger partial charge in [0.1, 0.15) is 11.5 Å². The molecule has 0 spiro atoms. The summed E-state index contributed by atoms with van der Waals surface area (Å²) in [4.78, 5) is 42.8. The van der Waals surface area contributed by atoms with Crippen molar-refractivity contribution in [2.75, 3.05) is 0 Å². The maximum Gasteiger partial charge on any atom is 0.431 e. The highest BCUT2D eigenvalue weighted by Crippen LogP contribution is 2.18. The van der Waals surface area contributed by atoms with E-state index in [1.54, 1.807) is 0 Å². The van der Waals surface area contributed by atoms with Crippen molar-refractivity contribution in [1.82, 2.24) is 10.9 Å². The van der Waals surface area contributed by atoms with Crippen LogP contribution in [0.25, 0.3) is 0 Å². The quantitative estimate of drug-likeness (QED) is 0.618. The van der Waals surface area contributed by atoms with E-state index in [-0.39, 0.29) is 22.9 Å². The van der Waals surface area contributed by atoms with Gasteiger partial charge in [-0.05, 0) is 24.3 Å². The number of benzene rings is 2. The first kappa shape index (κ1) is 18.1. The molecule has 12 heteroatoms. The van der Waals surface area contributed by atoms with Crippen LogP contribution >= 0.6 is 0 Å². The van der Waals surface area contributed by atoms with Gasteiger partial charge >= 0.3 is 12.2 Å². The number of amides is 2. The molecule has 0 aliphatic rings. The lowest BCUT2D eigenvalue weighted by Crippen LogP contribution is -2.44. The zero-order valence-electron chi connectivity index (χ0n) is 12.8. The van der Waals surface area contributed by atoms with Crippen LogP contribution in [0.5, 0.6) is 11.5 Å². The molecular formula is C14H10N4O8. The molecule has 0 saturated carbocycles. The van der Waals surface area contributed by atoms with Gasteiger partial charge in [-0.2, -0.15) is 0 Å². The average Bonchev–Trinajstić information content (AvgIpc) is 2.61. The van der Waals surface area contributed by atoms with Gasteiger partial charge in [0.15, 0.2) is 0 Å². The van der Waals surface area contributed by atoms with Gasteiger partial charge in [0.2, 0.25) is 0 Å². The minimum absolute atomic E-state index is 0.0126. The number of hydrazine groups is 1. The number of nitro groups is 2. The molecular weight excluding hydrogens is 352 g/mol. The number of non-ortho nitro benzene ring substituents is 2. The summed E-state index contributed by atoms with van der Waals surface area (Å²) in [5.74, 6) is 0.0253. The molecule has 0 atom stereocenters. The summed E-state index contributed by atoms with van der Waals surface area (Å²) in [7, 11) is 0. The third kappa shape index (κ3) is 5.16. The Morgan fingerprint density at radius 3 is 1.27 bits per heavy atom. The largest absolute Gasteiger partial charge is 0.431 e. The highest BCUT2D eigenvalue weighted by atomic mass is 16.6. The van der Waals surface area contributed by atoms with E-state index in [2.05, 4.69) is 0 Å². The lowest BCUT2D eigenvalue weighted by Gasteiger charge is -2.08. The highest BCUT2D eigenvalue weighted by molar-refractivity contribution is 5.76. The molecule has 134 valence electrons. The van der Waals surface area contributed by atoms with Crippen LogP contribution in [0.1, 0.15) is 0 Å². The molecule has 12 nitrogen and oxygen atoms in total. The lowest BCUT2D eigenvalue weighted by molar-refractivity contribution is -0.385. The summed E-state index contributed by atoms with van der Waals surface area (Å²) in [6, 6.07) is 9.36. The Labute approximate surface area is 144 Å². The van der Waals surface area contributed by atoms with E-state index in [1.807, 2.05) is 10.9 Å². The smallest absolute Gasteiger partial charge is 0.409 e. The fraction of sp³-hybridized carbons (Fsp3) is 0. The Kier molecular flexibility index (Phi) is 5.61. The molecule has 0 aliphatic heterocycles. The normalized spacial score (nSPS) is 9.69. The van der Waals surface area contributed by atoms with Crippen molar-refractivity contribution in [3.8, 4) is 11.5 Å². The zero-order valence-corrected chi connectivity index (χ0v) is 12.8. The van der Waals surface area contributed by atoms with Gasteiger partial charge in [-0.3, -0.25) is 20.2 Å². The highest BCUT2D eigenvalue weighted by Gasteiger charge is 2.11. The second kappa shape index (κ2) is 8.05. The molecule has 0 fully saturated rings. The van der Waals surface area contributed by atoms with E-state index < -0.39 is 22.0 Å². The lowest BCUT2D eigenvalue weighted by atomic mass is 10.3. The van der Waals surface area contributed by atoms with Crippen molar-refractivity contribution >= 4 is 23.6 Å². The van der Waals surface area contributed by atoms with Crippen LogP contribution in [0, 0.1) is 20.2 Å². The minimum atomic E-state index is -1.07. The van der Waals surface area contributed by atoms with Crippen LogP contribution in [-0.2, 0) is 0 Å². The van der Waals surface area contributed by atoms with Crippen molar-refractivity contribution < 1.29 is 28.9 Å². The van der Waals surface area contributed by atoms with Gasteiger partial charge in [0.05, 0.1) is 9.85 Å². The number of nitro benzene ring substituents is 2. The Hall–Kier alpha value is -4.22. The molecule has 2 amide bonds. The monoisotopic (exact) mass is 362 g/mol. The van der Waals surface area contributed by atoms with Crippen molar-refractivity contribution in [2.45, 2.75) is 0 Å².